The highest BCUT2D eigenvalue weighted by Gasteiger charge is 1.98. The summed E-state index contributed by atoms with van der Waals surface area (Å²) in [5.74, 6) is 1.88. The van der Waals surface area contributed by atoms with Crippen molar-refractivity contribution in [1.29, 1.82) is 0 Å². The Labute approximate surface area is 147 Å². The van der Waals surface area contributed by atoms with Gasteiger partial charge < -0.3 is 14.9 Å². The molecular weight excluding hydrogens is 312 g/mol. The molecule has 0 spiro atoms. The molecule has 25 heavy (non-hydrogen) atoms. The van der Waals surface area contributed by atoms with Crippen molar-refractivity contribution in [2.75, 3.05) is 14.2 Å². The van der Waals surface area contributed by atoms with Crippen molar-refractivity contribution in [3.63, 3.8) is 0 Å². The minimum atomic E-state index is 0. The van der Waals surface area contributed by atoms with Crippen molar-refractivity contribution in [2.45, 2.75) is 0 Å². The highest BCUT2D eigenvalue weighted by Crippen LogP contribution is 2.25. The van der Waals surface area contributed by atoms with Crippen LogP contribution in [0.4, 0.5) is 0 Å². The summed E-state index contributed by atoms with van der Waals surface area (Å²) in [6, 6.07) is 28.5. The summed E-state index contributed by atoms with van der Waals surface area (Å²) in [5.41, 5.74) is 0. The van der Waals surface area contributed by atoms with Crippen molar-refractivity contribution in [2.24, 2.45) is 0 Å². The Bertz CT molecular complexity index is 858. The first-order valence-electron chi connectivity index (χ1n) is 7.87. The Balaban J connectivity index is 0.000000173. The van der Waals surface area contributed by atoms with E-state index in [1.165, 1.54) is 21.5 Å². The van der Waals surface area contributed by atoms with Gasteiger partial charge in [0.1, 0.15) is 11.5 Å². The molecule has 4 aromatic rings. The lowest BCUT2D eigenvalue weighted by Gasteiger charge is -2.03. The molecule has 4 rings (SSSR count). The van der Waals surface area contributed by atoms with Crippen LogP contribution in [0.15, 0.2) is 84.9 Å². The fourth-order valence-electron chi connectivity index (χ4n) is 2.75. The molecule has 0 saturated heterocycles. The maximum Gasteiger partial charge on any atom is 0.126 e. The van der Waals surface area contributed by atoms with E-state index >= 15 is 0 Å². The lowest BCUT2D eigenvalue weighted by atomic mass is 10.1. The number of hydrogen-bond acceptors (Lipinski definition) is 2. The summed E-state index contributed by atoms with van der Waals surface area (Å²) in [5, 5.41) is 4.78. The van der Waals surface area contributed by atoms with E-state index in [0.29, 0.717) is 0 Å². The fraction of sp³-hybridized carbons (Fsp3) is 0.0909. The maximum absolute atomic E-state index is 5.23. The van der Waals surface area contributed by atoms with Gasteiger partial charge in [0, 0.05) is 10.8 Å². The molecule has 128 valence electrons. The highest BCUT2D eigenvalue weighted by atomic mass is 16.5. The maximum atomic E-state index is 5.23. The Kier molecular flexibility index (Phi) is 6.38. The molecule has 0 bridgehead atoms. The molecule has 0 fully saturated rings. The summed E-state index contributed by atoms with van der Waals surface area (Å²) < 4.78 is 10.5. The van der Waals surface area contributed by atoms with Crippen LogP contribution in [0.5, 0.6) is 11.5 Å². The normalized spacial score (nSPS) is 9.68. The zero-order valence-electron chi connectivity index (χ0n) is 14.4. The molecule has 0 aromatic heterocycles. The van der Waals surface area contributed by atoms with Crippen LogP contribution in [0.25, 0.3) is 21.5 Å². The van der Waals surface area contributed by atoms with Gasteiger partial charge in [0.2, 0.25) is 0 Å². The van der Waals surface area contributed by atoms with Crippen LogP contribution < -0.4 is 9.47 Å². The van der Waals surface area contributed by atoms with Crippen LogP contribution in [0.2, 0.25) is 0 Å². The number of benzene rings is 4. The molecule has 0 saturated carbocycles. The van der Waals surface area contributed by atoms with Crippen LogP contribution >= 0.6 is 0 Å². The van der Waals surface area contributed by atoms with Crippen LogP contribution in [0.3, 0.4) is 0 Å². The van der Waals surface area contributed by atoms with E-state index in [-0.39, 0.29) is 5.48 Å². The highest BCUT2D eigenvalue weighted by molar-refractivity contribution is 5.88. The third-order valence-corrected chi connectivity index (χ3v) is 3.94. The van der Waals surface area contributed by atoms with Crippen molar-refractivity contribution in [3.05, 3.63) is 84.9 Å². The Hall–Kier alpha value is -3.04. The van der Waals surface area contributed by atoms with Gasteiger partial charge in [0.25, 0.3) is 0 Å². The average Bonchev–Trinajstić information content (AvgIpc) is 2.67. The van der Waals surface area contributed by atoms with E-state index in [9.17, 15) is 0 Å². The summed E-state index contributed by atoms with van der Waals surface area (Å²) in [6.45, 7) is 0. The van der Waals surface area contributed by atoms with Gasteiger partial charge in [-0.1, -0.05) is 72.8 Å². The van der Waals surface area contributed by atoms with E-state index in [2.05, 4.69) is 36.4 Å². The van der Waals surface area contributed by atoms with Gasteiger partial charge in [-0.3, -0.25) is 0 Å². The summed E-state index contributed by atoms with van der Waals surface area (Å²) in [6.07, 6.45) is 0. The molecule has 0 aliphatic rings. The summed E-state index contributed by atoms with van der Waals surface area (Å²) in [4.78, 5) is 0. The molecule has 3 nitrogen and oxygen atoms in total. The monoisotopic (exact) mass is 334 g/mol. The van der Waals surface area contributed by atoms with Gasteiger partial charge in [0.15, 0.2) is 0 Å². The molecular formula is C22H22O3. The van der Waals surface area contributed by atoms with E-state index in [1.807, 2.05) is 48.5 Å². The molecule has 0 amide bonds. The van der Waals surface area contributed by atoms with Gasteiger partial charge in [-0.15, -0.1) is 0 Å². The Morgan fingerprint density at radius 2 is 0.840 bits per heavy atom. The predicted molar refractivity (Wildman–Crippen MR) is 105 cm³/mol. The summed E-state index contributed by atoms with van der Waals surface area (Å²) >= 11 is 0. The molecule has 0 radical (unpaired) electrons. The van der Waals surface area contributed by atoms with Crippen LogP contribution in [0, 0.1) is 0 Å². The van der Waals surface area contributed by atoms with Gasteiger partial charge in [0.05, 0.1) is 14.2 Å². The third kappa shape index (κ3) is 4.08. The van der Waals surface area contributed by atoms with Crippen LogP contribution in [0.1, 0.15) is 0 Å². The van der Waals surface area contributed by atoms with E-state index in [4.69, 9.17) is 9.47 Å². The topological polar surface area (TPSA) is 50.0 Å². The number of methoxy groups -OCH3 is 2. The number of hydrogen-bond donors (Lipinski definition) is 0. The first-order chi connectivity index (χ1) is 11.8. The van der Waals surface area contributed by atoms with E-state index in [1.54, 1.807) is 14.2 Å². The molecule has 3 heteroatoms. The molecule has 2 N–H and O–H groups in total. The number of ether oxygens (including phenoxy) is 2. The molecule has 0 aliphatic carbocycles. The van der Waals surface area contributed by atoms with Crippen LogP contribution in [-0.2, 0) is 0 Å². The first kappa shape index (κ1) is 18.3. The van der Waals surface area contributed by atoms with Crippen molar-refractivity contribution < 1.29 is 14.9 Å². The van der Waals surface area contributed by atoms with Crippen LogP contribution in [-0.4, -0.2) is 19.7 Å². The zero-order chi connectivity index (χ0) is 16.8. The van der Waals surface area contributed by atoms with E-state index < -0.39 is 0 Å². The standard InChI is InChI=1S/2C11H10O.H2O/c2*1-12-11-8-4-6-9-5-2-3-7-10(9)11;/h2*2-8H,1H3;1H2. The van der Waals surface area contributed by atoms with Crippen molar-refractivity contribution >= 4 is 21.5 Å². The van der Waals surface area contributed by atoms with Gasteiger partial charge in [-0.05, 0) is 22.9 Å². The first-order valence-corrected chi connectivity index (χ1v) is 7.87. The second-order valence-electron chi connectivity index (χ2n) is 5.36. The third-order valence-electron chi connectivity index (χ3n) is 3.94. The molecule has 0 unspecified atom stereocenters. The van der Waals surface area contributed by atoms with Gasteiger partial charge >= 0.3 is 0 Å². The molecule has 0 aliphatic heterocycles. The number of fused-ring (bicyclic) bond motifs is 2. The minimum absolute atomic E-state index is 0. The van der Waals surface area contributed by atoms with Gasteiger partial charge in [-0.2, -0.15) is 0 Å². The molecule has 0 heterocycles. The SMILES string of the molecule is COc1cccc2ccccc12.COc1cccc2ccccc12.O. The second-order valence-corrected chi connectivity index (χ2v) is 5.36. The minimum Gasteiger partial charge on any atom is -0.496 e. The lowest BCUT2D eigenvalue weighted by Crippen LogP contribution is -1.83. The zero-order valence-corrected chi connectivity index (χ0v) is 14.4. The largest absolute Gasteiger partial charge is 0.496 e. The quantitative estimate of drug-likeness (QED) is 0.525. The lowest BCUT2D eigenvalue weighted by molar-refractivity contribution is 0.419. The van der Waals surface area contributed by atoms with Crippen molar-refractivity contribution in [1.82, 2.24) is 0 Å². The van der Waals surface area contributed by atoms with Gasteiger partial charge in [-0.25, -0.2) is 0 Å². The smallest absolute Gasteiger partial charge is 0.126 e. The van der Waals surface area contributed by atoms with Crippen molar-refractivity contribution in [3.8, 4) is 11.5 Å². The average molecular weight is 334 g/mol. The Morgan fingerprint density at radius 3 is 1.24 bits per heavy atom. The Morgan fingerprint density at radius 1 is 0.480 bits per heavy atom. The second kappa shape index (κ2) is 8.71. The van der Waals surface area contributed by atoms with E-state index in [0.717, 1.165) is 11.5 Å². The summed E-state index contributed by atoms with van der Waals surface area (Å²) in [7, 11) is 3.39. The number of rotatable bonds is 2. The fourth-order valence-corrected chi connectivity index (χ4v) is 2.75. The predicted octanol–water partition coefficient (Wildman–Crippen LogP) is 4.87. The molecule has 0 atom stereocenters. The molecule has 4 aromatic carbocycles.